The number of amides is 1. The van der Waals surface area contributed by atoms with Gasteiger partial charge in [-0.05, 0) is 12.0 Å². The number of carbonyl (C=O) groups excluding carboxylic acids is 1. The van der Waals surface area contributed by atoms with Crippen molar-refractivity contribution in [3.05, 3.63) is 35.9 Å². The fourth-order valence-electron chi connectivity index (χ4n) is 2.17. The molecule has 1 aromatic rings. The molecule has 1 fully saturated rings. The van der Waals surface area contributed by atoms with Crippen molar-refractivity contribution in [3.8, 4) is 0 Å². The zero-order valence-corrected chi connectivity index (χ0v) is 11.5. The number of nitrogens with two attached hydrogens (primary N) is 1. The summed E-state index contributed by atoms with van der Waals surface area (Å²) in [5, 5.41) is 0.561. The van der Waals surface area contributed by atoms with Crippen LogP contribution in [0, 0.1) is 0 Å². The van der Waals surface area contributed by atoms with Gasteiger partial charge in [0.15, 0.2) is 0 Å². The van der Waals surface area contributed by atoms with Gasteiger partial charge in [-0.2, -0.15) is 11.8 Å². The zero-order valence-electron chi connectivity index (χ0n) is 10.7. The molecular weight excluding hydrogens is 244 g/mol. The van der Waals surface area contributed by atoms with Gasteiger partial charge >= 0.3 is 0 Å². The summed E-state index contributed by atoms with van der Waals surface area (Å²) >= 11 is 1.96. The van der Waals surface area contributed by atoms with E-state index in [1.165, 1.54) is 0 Å². The predicted molar refractivity (Wildman–Crippen MR) is 76.5 cm³/mol. The first-order chi connectivity index (χ1) is 8.72. The molecule has 1 aliphatic heterocycles. The Labute approximate surface area is 113 Å². The van der Waals surface area contributed by atoms with Gasteiger partial charge in [0, 0.05) is 24.1 Å². The molecule has 2 rings (SSSR count). The molecule has 0 spiro atoms. The van der Waals surface area contributed by atoms with E-state index in [1.807, 2.05) is 47.0 Å². The van der Waals surface area contributed by atoms with Crippen LogP contribution >= 0.6 is 11.8 Å². The molecule has 2 atom stereocenters. The van der Waals surface area contributed by atoms with Crippen LogP contribution in [0.15, 0.2) is 30.3 Å². The minimum absolute atomic E-state index is 0.0555. The van der Waals surface area contributed by atoms with Crippen LogP contribution in [0.25, 0.3) is 0 Å². The summed E-state index contributed by atoms with van der Waals surface area (Å²) in [6.07, 6.45) is 1.11. The Bertz CT molecular complexity index is 396. The first kappa shape index (κ1) is 13.4. The molecule has 0 radical (unpaired) electrons. The maximum absolute atomic E-state index is 12.4. The van der Waals surface area contributed by atoms with Crippen molar-refractivity contribution >= 4 is 17.7 Å². The van der Waals surface area contributed by atoms with Crippen molar-refractivity contribution in [1.82, 2.24) is 4.90 Å². The molecule has 4 heteroatoms. The lowest BCUT2D eigenvalue weighted by atomic mass is 10.1. The fourth-order valence-corrected chi connectivity index (χ4v) is 3.35. The minimum Gasteiger partial charge on any atom is -0.339 e. The van der Waals surface area contributed by atoms with Crippen LogP contribution < -0.4 is 5.73 Å². The van der Waals surface area contributed by atoms with Crippen LogP contribution in [-0.2, 0) is 4.79 Å². The van der Waals surface area contributed by atoms with Crippen molar-refractivity contribution in [3.63, 3.8) is 0 Å². The topological polar surface area (TPSA) is 46.3 Å². The average molecular weight is 264 g/mol. The van der Waals surface area contributed by atoms with Crippen molar-refractivity contribution in [2.75, 3.05) is 18.8 Å². The number of hydrogen-bond acceptors (Lipinski definition) is 3. The highest BCUT2D eigenvalue weighted by Gasteiger charge is 2.27. The lowest BCUT2D eigenvalue weighted by molar-refractivity contribution is -0.132. The van der Waals surface area contributed by atoms with Gasteiger partial charge in [0.1, 0.15) is 6.04 Å². The summed E-state index contributed by atoms with van der Waals surface area (Å²) in [5.41, 5.74) is 6.96. The molecule has 0 aliphatic carbocycles. The van der Waals surface area contributed by atoms with Gasteiger partial charge in [-0.15, -0.1) is 0 Å². The highest BCUT2D eigenvalue weighted by molar-refractivity contribution is 8.00. The molecule has 1 aromatic carbocycles. The summed E-state index contributed by atoms with van der Waals surface area (Å²) in [4.78, 5) is 14.3. The molecule has 0 aromatic heterocycles. The van der Waals surface area contributed by atoms with Crippen molar-refractivity contribution in [2.45, 2.75) is 24.6 Å². The van der Waals surface area contributed by atoms with E-state index in [4.69, 9.17) is 5.73 Å². The van der Waals surface area contributed by atoms with E-state index in [0.717, 1.165) is 30.8 Å². The van der Waals surface area contributed by atoms with Crippen LogP contribution in [0.5, 0.6) is 0 Å². The van der Waals surface area contributed by atoms with Gasteiger partial charge in [-0.1, -0.05) is 37.3 Å². The third kappa shape index (κ3) is 3.06. The van der Waals surface area contributed by atoms with Gasteiger partial charge in [0.05, 0.1) is 0 Å². The quantitative estimate of drug-likeness (QED) is 0.909. The largest absolute Gasteiger partial charge is 0.339 e. The van der Waals surface area contributed by atoms with Crippen LogP contribution in [-0.4, -0.2) is 34.9 Å². The SMILES string of the molecule is CCC1CN(C(=O)C(N)c2ccccc2)CCS1. The van der Waals surface area contributed by atoms with E-state index >= 15 is 0 Å². The van der Waals surface area contributed by atoms with Crippen LogP contribution in [0.2, 0.25) is 0 Å². The van der Waals surface area contributed by atoms with Crippen LogP contribution in [0.4, 0.5) is 0 Å². The Morgan fingerprint density at radius 3 is 2.89 bits per heavy atom. The highest BCUT2D eigenvalue weighted by Crippen LogP contribution is 2.23. The third-order valence-electron chi connectivity index (χ3n) is 3.33. The molecule has 0 saturated carbocycles. The molecule has 3 nitrogen and oxygen atoms in total. The number of rotatable bonds is 3. The second kappa shape index (κ2) is 6.25. The van der Waals surface area contributed by atoms with Crippen LogP contribution in [0.3, 0.4) is 0 Å². The Morgan fingerprint density at radius 2 is 2.22 bits per heavy atom. The van der Waals surface area contributed by atoms with E-state index in [2.05, 4.69) is 6.92 Å². The van der Waals surface area contributed by atoms with Gasteiger partial charge in [-0.25, -0.2) is 0 Å². The smallest absolute Gasteiger partial charge is 0.244 e. The molecule has 1 aliphatic rings. The van der Waals surface area contributed by atoms with E-state index in [1.54, 1.807) is 0 Å². The van der Waals surface area contributed by atoms with Gasteiger partial charge in [0.2, 0.25) is 5.91 Å². The molecule has 2 N–H and O–H groups in total. The number of hydrogen-bond donors (Lipinski definition) is 1. The molecule has 18 heavy (non-hydrogen) atoms. The molecule has 98 valence electrons. The Kier molecular flexibility index (Phi) is 4.66. The summed E-state index contributed by atoms with van der Waals surface area (Å²) < 4.78 is 0. The number of nitrogens with zero attached hydrogens (tertiary/aromatic N) is 1. The van der Waals surface area contributed by atoms with E-state index in [0.29, 0.717) is 5.25 Å². The lowest BCUT2D eigenvalue weighted by Crippen LogP contribution is -2.45. The van der Waals surface area contributed by atoms with Crippen molar-refractivity contribution in [1.29, 1.82) is 0 Å². The minimum atomic E-state index is -0.521. The second-order valence-corrected chi connectivity index (χ2v) is 5.98. The van der Waals surface area contributed by atoms with Gasteiger partial charge in [0.25, 0.3) is 0 Å². The lowest BCUT2D eigenvalue weighted by Gasteiger charge is -2.33. The molecule has 1 heterocycles. The Balaban J connectivity index is 2.02. The van der Waals surface area contributed by atoms with E-state index in [9.17, 15) is 4.79 Å². The predicted octanol–water partition coefficient (Wildman–Crippen LogP) is 2.04. The summed E-state index contributed by atoms with van der Waals surface area (Å²) in [6, 6.07) is 9.08. The number of carbonyl (C=O) groups is 1. The zero-order chi connectivity index (χ0) is 13.0. The first-order valence-electron chi connectivity index (χ1n) is 6.43. The first-order valence-corrected chi connectivity index (χ1v) is 7.48. The van der Waals surface area contributed by atoms with E-state index < -0.39 is 6.04 Å². The molecule has 1 saturated heterocycles. The summed E-state index contributed by atoms with van der Waals surface area (Å²) in [5.74, 6) is 1.08. The Morgan fingerprint density at radius 1 is 1.50 bits per heavy atom. The molecule has 1 amide bonds. The second-order valence-electron chi connectivity index (χ2n) is 4.57. The number of benzene rings is 1. The summed E-state index contributed by atoms with van der Waals surface area (Å²) in [7, 11) is 0. The highest BCUT2D eigenvalue weighted by atomic mass is 32.2. The van der Waals surface area contributed by atoms with E-state index in [-0.39, 0.29) is 5.91 Å². The maximum Gasteiger partial charge on any atom is 0.244 e. The molecule has 2 unspecified atom stereocenters. The molecule has 0 bridgehead atoms. The van der Waals surface area contributed by atoms with Crippen molar-refractivity contribution < 1.29 is 4.79 Å². The van der Waals surface area contributed by atoms with Crippen molar-refractivity contribution in [2.24, 2.45) is 5.73 Å². The van der Waals surface area contributed by atoms with Gasteiger partial charge < -0.3 is 10.6 Å². The van der Waals surface area contributed by atoms with Crippen LogP contribution in [0.1, 0.15) is 24.9 Å². The average Bonchev–Trinajstić information content (AvgIpc) is 2.46. The number of thioether (sulfide) groups is 1. The Hall–Kier alpha value is -1.00. The monoisotopic (exact) mass is 264 g/mol. The maximum atomic E-state index is 12.4. The fraction of sp³-hybridized carbons (Fsp3) is 0.500. The molecular formula is C14H20N2OS. The van der Waals surface area contributed by atoms with Gasteiger partial charge in [-0.3, -0.25) is 4.79 Å². The third-order valence-corrected chi connectivity index (χ3v) is 4.70. The summed E-state index contributed by atoms with van der Waals surface area (Å²) in [6.45, 7) is 3.82. The standard InChI is InChI=1S/C14H20N2OS/c1-2-12-10-16(8-9-18-12)14(17)13(15)11-6-4-3-5-7-11/h3-7,12-13H,2,8-10,15H2,1H3. The normalized spacial score (nSPS) is 21.7.